The number of hydrogen-bond donors (Lipinski definition) is 1. The summed E-state index contributed by atoms with van der Waals surface area (Å²) >= 11 is 2.01. The van der Waals surface area contributed by atoms with E-state index < -0.39 is 0 Å². The molecule has 1 N–H and O–H groups in total. The standard InChI is InChI=1S/C12H25NOS/c1-3-15-10-11(2)13-8-4-6-12-7-5-9-14-12/h11-13H,3-10H2,1-2H3. The molecular formula is C12H25NOS. The van der Waals surface area contributed by atoms with E-state index in [0.29, 0.717) is 12.1 Å². The Labute approximate surface area is 98.5 Å². The summed E-state index contributed by atoms with van der Waals surface area (Å²) in [5, 5.41) is 3.56. The van der Waals surface area contributed by atoms with Gasteiger partial charge in [-0.05, 0) is 44.9 Å². The first-order valence-electron chi connectivity index (χ1n) is 6.25. The molecule has 0 aromatic rings. The van der Waals surface area contributed by atoms with E-state index in [1.807, 2.05) is 11.8 Å². The van der Waals surface area contributed by atoms with Gasteiger partial charge in [-0.3, -0.25) is 0 Å². The Balaban J connectivity index is 1.87. The second-order valence-electron chi connectivity index (χ2n) is 4.29. The van der Waals surface area contributed by atoms with Crippen LogP contribution in [0.2, 0.25) is 0 Å². The van der Waals surface area contributed by atoms with Crippen molar-refractivity contribution in [2.75, 3.05) is 24.7 Å². The fourth-order valence-corrected chi connectivity index (χ4v) is 2.61. The van der Waals surface area contributed by atoms with E-state index in [-0.39, 0.29) is 0 Å². The molecule has 2 unspecified atom stereocenters. The molecule has 15 heavy (non-hydrogen) atoms. The number of thioether (sulfide) groups is 1. The molecule has 0 amide bonds. The van der Waals surface area contributed by atoms with Gasteiger partial charge in [0.1, 0.15) is 0 Å². The Morgan fingerprint density at radius 2 is 2.40 bits per heavy atom. The van der Waals surface area contributed by atoms with E-state index in [2.05, 4.69) is 19.2 Å². The lowest BCUT2D eigenvalue weighted by atomic mass is 10.1. The van der Waals surface area contributed by atoms with Crippen LogP contribution in [0.15, 0.2) is 0 Å². The highest BCUT2D eigenvalue weighted by molar-refractivity contribution is 7.99. The molecule has 0 radical (unpaired) electrons. The van der Waals surface area contributed by atoms with Gasteiger partial charge < -0.3 is 10.1 Å². The minimum absolute atomic E-state index is 0.562. The summed E-state index contributed by atoms with van der Waals surface area (Å²) in [6.07, 6.45) is 5.60. The molecule has 0 aromatic carbocycles. The maximum Gasteiger partial charge on any atom is 0.0576 e. The van der Waals surface area contributed by atoms with Crippen molar-refractivity contribution in [2.24, 2.45) is 0 Å². The van der Waals surface area contributed by atoms with Gasteiger partial charge in [0, 0.05) is 18.4 Å². The number of nitrogens with one attached hydrogen (secondary N) is 1. The van der Waals surface area contributed by atoms with E-state index in [1.54, 1.807) is 0 Å². The first-order chi connectivity index (χ1) is 7.33. The van der Waals surface area contributed by atoms with Crippen LogP contribution < -0.4 is 5.32 Å². The minimum Gasteiger partial charge on any atom is -0.378 e. The molecule has 2 atom stereocenters. The van der Waals surface area contributed by atoms with Crippen molar-refractivity contribution in [3.63, 3.8) is 0 Å². The van der Waals surface area contributed by atoms with E-state index in [9.17, 15) is 0 Å². The molecule has 0 aromatic heterocycles. The van der Waals surface area contributed by atoms with Gasteiger partial charge >= 0.3 is 0 Å². The summed E-state index contributed by atoms with van der Waals surface area (Å²) in [6.45, 7) is 6.62. The Morgan fingerprint density at radius 1 is 1.53 bits per heavy atom. The number of hydrogen-bond acceptors (Lipinski definition) is 3. The minimum atomic E-state index is 0.562. The third-order valence-corrected chi connectivity index (χ3v) is 3.94. The van der Waals surface area contributed by atoms with Gasteiger partial charge in [0.25, 0.3) is 0 Å². The normalized spacial score (nSPS) is 23.2. The highest BCUT2D eigenvalue weighted by atomic mass is 32.2. The fraction of sp³-hybridized carbons (Fsp3) is 1.00. The molecule has 1 heterocycles. The zero-order chi connectivity index (χ0) is 10.9. The summed E-state index contributed by atoms with van der Waals surface area (Å²) in [5.41, 5.74) is 0. The van der Waals surface area contributed by atoms with Gasteiger partial charge in [0.15, 0.2) is 0 Å². The predicted molar refractivity (Wildman–Crippen MR) is 68.7 cm³/mol. The van der Waals surface area contributed by atoms with E-state index >= 15 is 0 Å². The quantitative estimate of drug-likeness (QED) is 0.649. The van der Waals surface area contributed by atoms with Gasteiger partial charge in [-0.15, -0.1) is 0 Å². The van der Waals surface area contributed by atoms with Crippen LogP contribution in [0.4, 0.5) is 0 Å². The molecule has 2 nitrogen and oxygen atoms in total. The van der Waals surface area contributed by atoms with Gasteiger partial charge in [0.2, 0.25) is 0 Å². The summed E-state index contributed by atoms with van der Waals surface area (Å²) in [4.78, 5) is 0. The van der Waals surface area contributed by atoms with Crippen molar-refractivity contribution in [2.45, 2.75) is 51.7 Å². The molecule has 1 aliphatic rings. The van der Waals surface area contributed by atoms with Crippen LogP contribution in [0.25, 0.3) is 0 Å². The van der Waals surface area contributed by atoms with Crippen molar-refractivity contribution >= 4 is 11.8 Å². The second-order valence-corrected chi connectivity index (χ2v) is 5.61. The summed E-state index contributed by atoms with van der Waals surface area (Å²) in [7, 11) is 0. The van der Waals surface area contributed by atoms with Crippen LogP contribution in [0.3, 0.4) is 0 Å². The van der Waals surface area contributed by atoms with Crippen LogP contribution in [0.5, 0.6) is 0 Å². The fourth-order valence-electron chi connectivity index (χ4n) is 1.90. The summed E-state index contributed by atoms with van der Waals surface area (Å²) in [6, 6.07) is 0.652. The zero-order valence-corrected chi connectivity index (χ0v) is 10.9. The lowest BCUT2D eigenvalue weighted by Crippen LogP contribution is -2.29. The molecule has 0 spiro atoms. The zero-order valence-electron chi connectivity index (χ0n) is 10.1. The molecule has 1 saturated heterocycles. The number of ether oxygens (including phenoxy) is 1. The van der Waals surface area contributed by atoms with Crippen molar-refractivity contribution < 1.29 is 4.74 Å². The van der Waals surface area contributed by atoms with Crippen LogP contribution in [-0.4, -0.2) is 36.8 Å². The molecule has 0 saturated carbocycles. The SMILES string of the molecule is CCSCC(C)NCCCC1CCCO1. The van der Waals surface area contributed by atoms with Crippen molar-refractivity contribution in [3.8, 4) is 0 Å². The molecule has 1 aliphatic heterocycles. The Kier molecular flexibility index (Phi) is 7.49. The molecule has 1 rings (SSSR count). The molecule has 1 fully saturated rings. The highest BCUT2D eigenvalue weighted by Gasteiger charge is 2.14. The average Bonchev–Trinajstić information content (AvgIpc) is 2.74. The van der Waals surface area contributed by atoms with Crippen LogP contribution in [-0.2, 0) is 4.74 Å². The maximum absolute atomic E-state index is 5.59. The Morgan fingerprint density at radius 3 is 3.07 bits per heavy atom. The topological polar surface area (TPSA) is 21.3 Å². The van der Waals surface area contributed by atoms with E-state index in [0.717, 1.165) is 13.2 Å². The molecule has 0 aliphatic carbocycles. The Bertz CT molecular complexity index is 149. The van der Waals surface area contributed by atoms with E-state index in [4.69, 9.17) is 4.74 Å². The van der Waals surface area contributed by atoms with Crippen molar-refractivity contribution in [1.29, 1.82) is 0 Å². The second kappa shape index (κ2) is 8.43. The smallest absolute Gasteiger partial charge is 0.0576 e. The van der Waals surface area contributed by atoms with Gasteiger partial charge in [0.05, 0.1) is 6.10 Å². The molecule has 90 valence electrons. The third kappa shape index (κ3) is 6.44. The van der Waals surface area contributed by atoms with Gasteiger partial charge in [-0.1, -0.05) is 6.92 Å². The number of rotatable bonds is 8. The van der Waals surface area contributed by atoms with Crippen molar-refractivity contribution in [3.05, 3.63) is 0 Å². The van der Waals surface area contributed by atoms with Crippen LogP contribution >= 0.6 is 11.8 Å². The highest BCUT2D eigenvalue weighted by Crippen LogP contribution is 2.16. The van der Waals surface area contributed by atoms with E-state index in [1.165, 1.54) is 37.2 Å². The molecule has 0 bridgehead atoms. The Hall–Kier alpha value is 0.270. The third-order valence-electron chi connectivity index (χ3n) is 2.79. The average molecular weight is 231 g/mol. The lowest BCUT2D eigenvalue weighted by molar-refractivity contribution is 0.102. The first kappa shape index (κ1) is 13.3. The summed E-state index contributed by atoms with van der Waals surface area (Å²) < 4.78 is 5.59. The van der Waals surface area contributed by atoms with Gasteiger partial charge in [-0.25, -0.2) is 0 Å². The largest absolute Gasteiger partial charge is 0.378 e. The monoisotopic (exact) mass is 231 g/mol. The maximum atomic E-state index is 5.59. The van der Waals surface area contributed by atoms with Crippen molar-refractivity contribution in [1.82, 2.24) is 5.32 Å². The molecule has 3 heteroatoms. The summed E-state index contributed by atoms with van der Waals surface area (Å²) in [5.74, 6) is 2.46. The molecular weight excluding hydrogens is 206 g/mol. The van der Waals surface area contributed by atoms with Gasteiger partial charge in [-0.2, -0.15) is 11.8 Å². The van der Waals surface area contributed by atoms with Crippen LogP contribution in [0.1, 0.15) is 39.5 Å². The lowest BCUT2D eigenvalue weighted by Gasteiger charge is -2.14. The van der Waals surface area contributed by atoms with Crippen LogP contribution in [0, 0.1) is 0 Å². The first-order valence-corrected chi connectivity index (χ1v) is 7.41. The predicted octanol–water partition coefficient (Wildman–Crippen LogP) is 2.68.